The molecule has 0 saturated carbocycles. The lowest BCUT2D eigenvalue weighted by atomic mass is 10.2. The number of thioether (sulfide) groups is 1. The molecule has 1 N–H and O–H groups in total. The summed E-state index contributed by atoms with van der Waals surface area (Å²) in [4.78, 5) is 36.9. The van der Waals surface area contributed by atoms with Crippen molar-refractivity contribution >= 4 is 68.1 Å². The molecule has 2 aromatic carbocycles. The van der Waals surface area contributed by atoms with Gasteiger partial charge in [0.1, 0.15) is 0 Å². The zero-order chi connectivity index (χ0) is 23.3. The largest absolute Gasteiger partial charge is 0.493 e. The normalized spacial score (nSPS) is 14.5. The van der Waals surface area contributed by atoms with Gasteiger partial charge in [-0.25, -0.2) is 4.79 Å². The highest BCUT2D eigenvalue weighted by Gasteiger charge is 2.34. The van der Waals surface area contributed by atoms with Gasteiger partial charge < -0.3 is 14.2 Å². The first kappa shape index (κ1) is 23.8. The third kappa shape index (κ3) is 5.47. The van der Waals surface area contributed by atoms with E-state index in [4.69, 9.17) is 21.7 Å². The molecule has 0 radical (unpaired) electrons. The first-order valence-electron chi connectivity index (χ1n) is 9.05. The number of ether oxygens (including phenoxy) is 3. The van der Waals surface area contributed by atoms with Crippen molar-refractivity contribution in [1.82, 2.24) is 10.4 Å². The Kier molecular flexibility index (Phi) is 7.89. The maximum atomic E-state index is 12.8. The van der Waals surface area contributed by atoms with Gasteiger partial charge in [-0.15, -0.1) is 0 Å². The summed E-state index contributed by atoms with van der Waals surface area (Å²) in [6.07, 6.45) is 1.62. The molecule has 1 fully saturated rings. The molecule has 0 atom stereocenters. The minimum absolute atomic E-state index is 0.201. The Morgan fingerprint density at radius 2 is 1.91 bits per heavy atom. The van der Waals surface area contributed by atoms with Gasteiger partial charge in [0.05, 0.1) is 19.1 Å². The monoisotopic (exact) mass is 536 g/mol. The minimum Gasteiger partial charge on any atom is -0.493 e. The van der Waals surface area contributed by atoms with Crippen LogP contribution in [0, 0.1) is 0 Å². The third-order valence-corrected chi connectivity index (χ3v) is 6.17. The second-order valence-corrected chi connectivity index (χ2v) is 8.74. The Balaban J connectivity index is 1.80. The van der Waals surface area contributed by atoms with E-state index >= 15 is 0 Å². The quantitative estimate of drug-likeness (QED) is 0.326. The van der Waals surface area contributed by atoms with Crippen molar-refractivity contribution in [2.75, 3.05) is 20.8 Å². The molecule has 0 spiro atoms. The van der Waals surface area contributed by atoms with Crippen LogP contribution in [0.25, 0.3) is 6.08 Å². The van der Waals surface area contributed by atoms with E-state index in [-0.39, 0.29) is 10.9 Å². The Morgan fingerprint density at radius 1 is 1.19 bits per heavy atom. The number of carbonyl (C=O) groups excluding carboxylic acids is 3. The molecule has 0 bridgehead atoms. The van der Waals surface area contributed by atoms with E-state index in [2.05, 4.69) is 26.1 Å². The molecule has 0 unspecified atom stereocenters. The van der Waals surface area contributed by atoms with Gasteiger partial charge in [-0.2, -0.15) is 5.01 Å². The summed E-state index contributed by atoms with van der Waals surface area (Å²) < 4.78 is 16.1. The molecule has 2 aromatic rings. The van der Waals surface area contributed by atoms with Crippen LogP contribution >= 0.6 is 39.9 Å². The van der Waals surface area contributed by atoms with Gasteiger partial charge in [-0.1, -0.05) is 45.9 Å². The van der Waals surface area contributed by atoms with E-state index in [0.717, 1.165) is 16.8 Å². The van der Waals surface area contributed by atoms with E-state index in [0.29, 0.717) is 32.0 Å². The molecule has 32 heavy (non-hydrogen) atoms. The third-order valence-electron chi connectivity index (χ3n) is 4.19. The lowest BCUT2D eigenvalue weighted by molar-refractivity contribution is -0.142. The van der Waals surface area contributed by atoms with Crippen molar-refractivity contribution in [1.29, 1.82) is 0 Å². The van der Waals surface area contributed by atoms with E-state index in [1.807, 2.05) is 0 Å². The number of methoxy groups -OCH3 is 2. The van der Waals surface area contributed by atoms with Crippen molar-refractivity contribution in [3.05, 3.63) is 63.0 Å². The van der Waals surface area contributed by atoms with Gasteiger partial charge in [0.2, 0.25) is 0 Å². The van der Waals surface area contributed by atoms with Gasteiger partial charge in [0.25, 0.3) is 11.8 Å². The highest BCUT2D eigenvalue weighted by atomic mass is 79.9. The van der Waals surface area contributed by atoms with Crippen LogP contribution in [0.4, 0.5) is 0 Å². The second-order valence-electron chi connectivity index (χ2n) is 6.21. The predicted octanol–water partition coefficient (Wildman–Crippen LogP) is 3.56. The van der Waals surface area contributed by atoms with Crippen molar-refractivity contribution in [3.8, 4) is 11.5 Å². The van der Waals surface area contributed by atoms with Crippen LogP contribution < -0.4 is 14.9 Å². The molecular weight excluding hydrogens is 520 g/mol. The van der Waals surface area contributed by atoms with Crippen LogP contribution in [0.15, 0.2) is 51.8 Å². The highest BCUT2D eigenvalue weighted by molar-refractivity contribution is 9.10. The number of hydrazine groups is 1. The maximum Gasteiger partial charge on any atom is 0.343 e. The zero-order valence-electron chi connectivity index (χ0n) is 16.9. The number of hydrogen-bond acceptors (Lipinski definition) is 8. The number of nitrogens with one attached hydrogen (secondary N) is 1. The molecule has 1 heterocycles. The molecule has 0 aromatic heterocycles. The Hall–Kier alpha value is -2.89. The predicted molar refractivity (Wildman–Crippen MR) is 127 cm³/mol. The van der Waals surface area contributed by atoms with Gasteiger partial charge >= 0.3 is 5.97 Å². The standard InChI is InChI=1S/C21H17BrN2O6S2/c1-28-15-8-13(14(22)10-16(15)30-11-18(25)29-2)9-17-20(27)24(21(31)32-17)23-19(26)12-6-4-3-5-7-12/h3-10H,11H2,1-2H3,(H,23,26)/b17-9-. The van der Waals surface area contributed by atoms with Gasteiger partial charge in [-0.3, -0.25) is 15.0 Å². The number of thiocarbonyl (C=S) groups is 1. The SMILES string of the molecule is COC(=O)COc1cc(Br)c(/C=C2\SC(=S)N(NC(=O)c3ccccc3)C2=O)cc1OC. The molecule has 1 aliphatic heterocycles. The molecule has 1 aliphatic rings. The number of hydrogen-bond donors (Lipinski definition) is 1. The Labute approximate surface area is 202 Å². The summed E-state index contributed by atoms with van der Waals surface area (Å²) in [7, 11) is 2.72. The lowest BCUT2D eigenvalue weighted by Gasteiger charge is -2.15. The number of halogens is 1. The minimum atomic E-state index is -0.534. The maximum absolute atomic E-state index is 12.8. The molecular formula is C21H17BrN2O6S2. The van der Waals surface area contributed by atoms with Crippen LogP contribution in [-0.2, 0) is 14.3 Å². The summed E-state index contributed by atoms with van der Waals surface area (Å²) >= 11 is 9.75. The number of esters is 1. The van der Waals surface area contributed by atoms with Crippen molar-refractivity contribution in [2.45, 2.75) is 0 Å². The number of amides is 2. The van der Waals surface area contributed by atoms with Crippen LogP contribution in [0.3, 0.4) is 0 Å². The lowest BCUT2D eigenvalue weighted by Crippen LogP contribution is -2.44. The molecule has 3 rings (SSSR count). The Morgan fingerprint density at radius 3 is 2.56 bits per heavy atom. The number of nitrogens with zero attached hydrogens (tertiary/aromatic N) is 1. The fraction of sp³-hybridized carbons (Fsp3) is 0.143. The fourth-order valence-corrected chi connectivity index (χ4v) is 4.20. The number of carbonyl (C=O) groups is 3. The second kappa shape index (κ2) is 10.6. The van der Waals surface area contributed by atoms with Crippen LogP contribution in [-0.4, -0.2) is 47.9 Å². The average molecular weight is 537 g/mol. The van der Waals surface area contributed by atoms with Gasteiger partial charge in [0, 0.05) is 10.0 Å². The number of rotatable bonds is 7. The molecule has 0 aliphatic carbocycles. The smallest absolute Gasteiger partial charge is 0.343 e. The molecule has 8 nitrogen and oxygen atoms in total. The van der Waals surface area contributed by atoms with E-state index in [1.165, 1.54) is 14.2 Å². The van der Waals surface area contributed by atoms with E-state index in [1.54, 1.807) is 48.5 Å². The van der Waals surface area contributed by atoms with Crippen molar-refractivity contribution in [2.24, 2.45) is 0 Å². The van der Waals surface area contributed by atoms with Gasteiger partial charge in [-0.05, 0) is 48.1 Å². The highest BCUT2D eigenvalue weighted by Crippen LogP contribution is 2.37. The summed E-state index contributed by atoms with van der Waals surface area (Å²) in [6.45, 7) is -0.279. The Bertz CT molecular complexity index is 1110. The number of benzene rings is 2. The van der Waals surface area contributed by atoms with Crippen LogP contribution in [0.1, 0.15) is 15.9 Å². The van der Waals surface area contributed by atoms with Crippen molar-refractivity contribution in [3.63, 3.8) is 0 Å². The van der Waals surface area contributed by atoms with Crippen LogP contribution in [0.5, 0.6) is 11.5 Å². The molecule has 1 saturated heterocycles. The van der Waals surface area contributed by atoms with E-state index in [9.17, 15) is 14.4 Å². The van der Waals surface area contributed by atoms with Gasteiger partial charge in [0.15, 0.2) is 22.4 Å². The zero-order valence-corrected chi connectivity index (χ0v) is 20.1. The summed E-state index contributed by atoms with van der Waals surface area (Å²) in [6, 6.07) is 11.8. The first-order valence-corrected chi connectivity index (χ1v) is 11.1. The molecule has 2 amide bonds. The summed E-state index contributed by atoms with van der Waals surface area (Å²) in [5.74, 6) is -0.756. The molecule has 11 heteroatoms. The fourth-order valence-electron chi connectivity index (χ4n) is 2.59. The molecule has 166 valence electrons. The topological polar surface area (TPSA) is 94.2 Å². The summed E-state index contributed by atoms with van der Waals surface area (Å²) in [5, 5.41) is 1.04. The van der Waals surface area contributed by atoms with Crippen LogP contribution in [0.2, 0.25) is 0 Å². The van der Waals surface area contributed by atoms with E-state index < -0.39 is 17.8 Å². The first-order chi connectivity index (χ1) is 15.3. The van der Waals surface area contributed by atoms with Crippen molar-refractivity contribution < 1.29 is 28.6 Å². The average Bonchev–Trinajstić information content (AvgIpc) is 3.06. The summed E-state index contributed by atoms with van der Waals surface area (Å²) in [5.41, 5.74) is 3.55.